The molecule has 0 saturated carbocycles. The van der Waals surface area contributed by atoms with Crippen LogP contribution in [0.2, 0.25) is 0 Å². The van der Waals surface area contributed by atoms with Crippen LogP contribution in [0.25, 0.3) is 0 Å². The van der Waals surface area contributed by atoms with Crippen LogP contribution >= 0.6 is 0 Å². The molecule has 1 atom stereocenters. The Labute approximate surface area is 123 Å². The van der Waals surface area contributed by atoms with Crippen LogP contribution < -0.4 is 10.2 Å². The molecule has 3 nitrogen and oxygen atoms in total. The minimum Gasteiger partial charge on any atom is -0.388 e. The molecule has 3 heteroatoms. The highest BCUT2D eigenvalue weighted by Crippen LogP contribution is 2.29. The second-order valence-corrected chi connectivity index (χ2v) is 6.69. The summed E-state index contributed by atoms with van der Waals surface area (Å²) < 4.78 is 0. The first-order valence-electron chi connectivity index (χ1n) is 7.68. The van der Waals surface area contributed by atoms with Gasteiger partial charge in [-0.05, 0) is 38.3 Å². The number of hydrogen-bond donors (Lipinski definition) is 2. The summed E-state index contributed by atoms with van der Waals surface area (Å²) >= 11 is 0. The van der Waals surface area contributed by atoms with E-state index in [0.717, 1.165) is 32.5 Å². The number of anilines is 1. The maximum absolute atomic E-state index is 10.3. The van der Waals surface area contributed by atoms with Crippen LogP contribution in [-0.4, -0.2) is 29.8 Å². The fourth-order valence-electron chi connectivity index (χ4n) is 2.90. The molecule has 0 bridgehead atoms. The molecule has 1 aromatic rings. The average molecular weight is 276 g/mol. The van der Waals surface area contributed by atoms with E-state index in [9.17, 15) is 5.11 Å². The standard InChI is InChI=1S/C17H28N2O/c1-13(2)18-11-15-10-14(3)6-7-16(15)19-9-5-8-17(4,20)12-19/h6-7,10,13,18,20H,5,8-9,11-12H2,1-4H3. The minimum absolute atomic E-state index is 0.479. The predicted molar refractivity (Wildman–Crippen MR) is 85.2 cm³/mol. The third-order valence-electron chi connectivity index (χ3n) is 3.95. The van der Waals surface area contributed by atoms with E-state index in [1.165, 1.54) is 16.8 Å². The van der Waals surface area contributed by atoms with Gasteiger partial charge in [-0.1, -0.05) is 31.5 Å². The zero-order chi connectivity index (χ0) is 14.8. The molecule has 1 heterocycles. The van der Waals surface area contributed by atoms with Crippen LogP contribution in [0.3, 0.4) is 0 Å². The van der Waals surface area contributed by atoms with E-state index >= 15 is 0 Å². The van der Waals surface area contributed by atoms with Crippen molar-refractivity contribution in [3.05, 3.63) is 29.3 Å². The molecule has 1 saturated heterocycles. The molecular formula is C17H28N2O. The molecule has 1 aliphatic heterocycles. The van der Waals surface area contributed by atoms with Crippen molar-refractivity contribution in [2.45, 2.75) is 58.7 Å². The van der Waals surface area contributed by atoms with Crippen molar-refractivity contribution < 1.29 is 5.11 Å². The Balaban J connectivity index is 2.21. The summed E-state index contributed by atoms with van der Waals surface area (Å²) in [5.74, 6) is 0. The molecule has 0 radical (unpaired) electrons. The van der Waals surface area contributed by atoms with Crippen LogP contribution in [0.1, 0.15) is 44.7 Å². The third-order valence-corrected chi connectivity index (χ3v) is 3.95. The highest BCUT2D eigenvalue weighted by atomic mass is 16.3. The first kappa shape index (κ1) is 15.3. The maximum Gasteiger partial charge on any atom is 0.0794 e. The van der Waals surface area contributed by atoms with Gasteiger partial charge < -0.3 is 15.3 Å². The predicted octanol–water partition coefficient (Wildman–Crippen LogP) is 2.84. The molecule has 2 N–H and O–H groups in total. The molecule has 1 aromatic carbocycles. The number of piperidine rings is 1. The van der Waals surface area contributed by atoms with Crippen LogP contribution in [-0.2, 0) is 6.54 Å². The van der Waals surface area contributed by atoms with Crippen LogP contribution in [0.15, 0.2) is 18.2 Å². The average Bonchev–Trinajstić information content (AvgIpc) is 2.35. The molecule has 112 valence electrons. The molecule has 1 unspecified atom stereocenters. The number of nitrogens with one attached hydrogen (secondary N) is 1. The number of aliphatic hydroxyl groups is 1. The van der Waals surface area contributed by atoms with Crippen LogP contribution in [0.4, 0.5) is 5.69 Å². The Kier molecular flexibility index (Phi) is 4.71. The Morgan fingerprint density at radius 3 is 2.80 bits per heavy atom. The number of β-amino-alcohol motifs (C(OH)–C–C–N with tert-alkyl or cyclic N) is 1. The van der Waals surface area contributed by atoms with Gasteiger partial charge >= 0.3 is 0 Å². The van der Waals surface area contributed by atoms with E-state index in [1.807, 2.05) is 6.92 Å². The van der Waals surface area contributed by atoms with Gasteiger partial charge in [0.15, 0.2) is 0 Å². The molecule has 1 fully saturated rings. The Bertz CT molecular complexity index is 454. The summed E-state index contributed by atoms with van der Waals surface area (Å²) in [6, 6.07) is 7.10. The smallest absolute Gasteiger partial charge is 0.0794 e. The molecule has 0 amide bonds. The monoisotopic (exact) mass is 276 g/mol. The van der Waals surface area contributed by atoms with Gasteiger partial charge in [0.25, 0.3) is 0 Å². The molecule has 2 rings (SSSR count). The minimum atomic E-state index is -0.564. The quantitative estimate of drug-likeness (QED) is 0.887. The van der Waals surface area contributed by atoms with Gasteiger partial charge in [0, 0.05) is 31.4 Å². The van der Waals surface area contributed by atoms with Crippen LogP contribution in [0, 0.1) is 6.92 Å². The lowest BCUT2D eigenvalue weighted by molar-refractivity contribution is 0.0449. The highest BCUT2D eigenvalue weighted by molar-refractivity contribution is 5.55. The van der Waals surface area contributed by atoms with E-state index in [2.05, 4.69) is 49.2 Å². The molecule has 1 aliphatic rings. The van der Waals surface area contributed by atoms with E-state index in [4.69, 9.17) is 0 Å². The second-order valence-electron chi connectivity index (χ2n) is 6.69. The van der Waals surface area contributed by atoms with Crippen molar-refractivity contribution in [1.29, 1.82) is 0 Å². The summed E-state index contributed by atoms with van der Waals surface area (Å²) in [5, 5.41) is 13.8. The van der Waals surface area contributed by atoms with Crippen molar-refractivity contribution in [1.82, 2.24) is 5.32 Å². The largest absolute Gasteiger partial charge is 0.388 e. The topological polar surface area (TPSA) is 35.5 Å². The Hall–Kier alpha value is -1.06. The van der Waals surface area contributed by atoms with Crippen molar-refractivity contribution in [2.24, 2.45) is 0 Å². The van der Waals surface area contributed by atoms with Crippen molar-refractivity contribution in [3.8, 4) is 0 Å². The van der Waals surface area contributed by atoms with Crippen molar-refractivity contribution in [2.75, 3.05) is 18.0 Å². The fourth-order valence-corrected chi connectivity index (χ4v) is 2.90. The molecular weight excluding hydrogens is 248 g/mol. The summed E-state index contributed by atoms with van der Waals surface area (Å²) in [7, 11) is 0. The molecule has 20 heavy (non-hydrogen) atoms. The number of nitrogens with zero attached hydrogens (tertiary/aromatic N) is 1. The van der Waals surface area contributed by atoms with Gasteiger partial charge in [-0.15, -0.1) is 0 Å². The summed E-state index contributed by atoms with van der Waals surface area (Å²) in [4.78, 5) is 2.33. The summed E-state index contributed by atoms with van der Waals surface area (Å²) in [6.45, 7) is 11.1. The number of benzene rings is 1. The summed E-state index contributed by atoms with van der Waals surface area (Å²) in [5.41, 5.74) is 3.32. The second kappa shape index (κ2) is 6.15. The van der Waals surface area contributed by atoms with Gasteiger partial charge in [-0.25, -0.2) is 0 Å². The molecule has 0 spiro atoms. The van der Waals surface area contributed by atoms with Gasteiger partial charge in [0.05, 0.1) is 5.60 Å². The van der Waals surface area contributed by atoms with Gasteiger partial charge in [0.2, 0.25) is 0 Å². The van der Waals surface area contributed by atoms with E-state index in [0.29, 0.717) is 6.04 Å². The zero-order valence-electron chi connectivity index (χ0n) is 13.2. The highest BCUT2D eigenvalue weighted by Gasteiger charge is 2.29. The molecule has 0 aromatic heterocycles. The number of aryl methyl sites for hydroxylation is 1. The number of rotatable bonds is 4. The lowest BCUT2D eigenvalue weighted by Gasteiger charge is -2.39. The van der Waals surface area contributed by atoms with Crippen molar-refractivity contribution in [3.63, 3.8) is 0 Å². The maximum atomic E-state index is 10.3. The Morgan fingerprint density at radius 2 is 2.15 bits per heavy atom. The van der Waals surface area contributed by atoms with Gasteiger partial charge in [-0.3, -0.25) is 0 Å². The molecule has 0 aliphatic carbocycles. The third kappa shape index (κ3) is 3.97. The van der Waals surface area contributed by atoms with E-state index in [1.54, 1.807) is 0 Å². The number of hydrogen-bond acceptors (Lipinski definition) is 3. The van der Waals surface area contributed by atoms with Gasteiger partial charge in [0.1, 0.15) is 0 Å². The van der Waals surface area contributed by atoms with Crippen molar-refractivity contribution >= 4 is 5.69 Å². The lowest BCUT2D eigenvalue weighted by Crippen LogP contribution is -2.46. The first-order valence-corrected chi connectivity index (χ1v) is 7.68. The fraction of sp³-hybridized carbons (Fsp3) is 0.647. The van der Waals surface area contributed by atoms with E-state index in [-0.39, 0.29) is 0 Å². The SMILES string of the molecule is Cc1ccc(N2CCCC(C)(O)C2)c(CNC(C)C)c1. The van der Waals surface area contributed by atoms with E-state index < -0.39 is 5.60 Å². The van der Waals surface area contributed by atoms with Crippen LogP contribution in [0.5, 0.6) is 0 Å². The zero-order valence-corrected chi connectivity index (χ0v) is 13.2. The van der Waals surface area contributed by atoms with Gasteiger partial charge in [-0.2, -0.15) is 0 Å². The Morgan fingerprint density at radius 1 is 1.40 bits per heavy atom. The first-order chi connectivity index (χ1) is 9.37. The normalized spacial score (nSPS) is 23.4. The summed E-state index contributed by atoms with van der Waals surface area (Å²) in [6.07, 6.45) is 1.95. The lowest BCUT2D eigenvalue weighted by atomic mass is 9.94.